The summed E-state index contributed by atoms with van der Waals surface area (Å²) < 4.78 is 1.66. The quantitative estimate of drug-likeness (QED) is 0.355. The van der Waals surface area contributed by atoms with Crippen molar-refractivity contribution in [2.45, 2.75) is 37.4 Å². The Labute approximate surface area is 210 Å². The lowest BCUT2D eigenvalue weighted by molar-refractivity contribution is -0.130. The van der Waals surface area contributed by atoms with E-state index in [2.05, 4.69) is 27.2 Å². The molecule has 2 amide bonds. The molecule has 1 saturated heterocycles. The monoisotopic (exact) mass is 492 g/mol. The van der Waals surface area contributed by atoms with Crippen molar-refractivity contribution in [1.82, 2.24) is 29.5 Å². The molecule has 0 aliphatic carbocycles. The lowest BCUT2D eigenvalue weighted by Gasteiger charge is -2.40. The van der Waals surface area contributed by atoms with Gasteiger partial charge >= 0.3 is 0 Å². The normalized spacial score (nSPS) is 15.1. The van der Waals surface area contributed by atoms with Crippen LogP contribution in [0.4, 0.5) is 0 Å². The number of aryl methyl sites for hydroxylation is 2. The molecule has 3 heterocycles. The van der Waals surface area contributed by atoms with Gasteiger partial charge in [-0.05, 0) is 49.8 Å². The maximum atomic E-state index is 13.4. The van der Waals surface area contributed by atoms with E-state index in [9.17, 15) is 9.59 Å². The zero-order valence-corrected chi connectivity index (χ0v) is 21.3. The summed E-state index contributed by atoms with van der Waals surface area (Å²) in [5.74, 6) is 0.718. The topological polar surface area (TPSA) is 84.2 Å². The third-order valence-electron chi connectivity index (χ3n) is 6.63. The minimum atomic E-state index is -0.0215. The first-order valence-electron chi connectivity index (χ1n) is 11.9. The number of likely N-dealkylation sites (tertiary alicyclic amines) is 1. The molecular formula is C26H32N6O2S. The van der Waals surface area contributed by atoms with Crippen LogP contribution in [0.1, 0.15) is 34.6 Å². The molecule has 35 heavy (non-hydrogen) atoms. The predicted octanol–water partition coefficient (Wildman–Crippen LogP) is 3.23. The summed E-state index contributed by atoms with van der Waals surface area (Å²) in [7, 11) is 3.70. The number of carbonyl (C=O) groups excluding carboxylic acids is 2. The number of benzene rings is 1. The lowest BCUT2D eigenvalue weighted by atomic mass is 9.85. The van der Waals surface area contributed by atoms with E-state index < -0.39 is 0 Å². The molecule has 1 aromatic carbocycles. The van der Waals surface area contributed by atoms with Crippen molar-refractivity contribution in [3.63, 3.8) is 0 Å². The standard InChI is InChI=1S/C26H32N6O2S/c1-19-16-23(31(3)29-19)25(34)30(2)22(17-20-8-5-4-6-9-20)21-10-14-32(15-11-21)24(33)18-35-26-27-12-7-13-28-26/h4-9,12-13,16,21-22H,10-11,14-15,17-18H2,1-3H3/t22-/m1/s1. The smallest absolute Gasteiger partial charge is 0.272 e. The fraction of sp³-hybridized carbons (Fsp3) is 0.423. The Morgan fingerprint density at radius 1 is 1.11 bits per heavy atom. The maximum absolute atomic E-state index is 13.4. The van der Waals surface area contributed by atoms with Gasteiger partial charge in [-0.3, -0.25) is 14.3 Å². The molecule has 2 aromatic heterocycles. The van der Waals surface area contributed by atoms with Crippen molar-refractivity contribution in [2.75, 3.05) is 25.9 Å². The van der Waals surface area contributed by atoms with Crippen LogP contribution in [0.15, 0.2) is 60.0 Å². The highest BCUT2D eigenvalue weighted by Gasteiger charge is 2.33. The van der Waals surface area contributed by atoms with E-state index in [1.807, 2.05) is 55.1 Å². The molecule has 1 aliphatic heterocycles. The number of thioether (sulfide) groups is 1. The SMILES string of the molecule is Cc1cc(C(=O)N(C)[C@H](Cc2ccccc2)C2CCN(C(=O)CSc3ncccn3)CC2)n(C)n1. The number of rotatable bonds is 8. The van der Waals surface area contributed by atoms with Gasteiger partial charge in [-0.15, -0.1) is 0 Å². The molecule has 1 atom stereocenters. The van der Waals surface area contributed by atoms with Crippen LogP contribution in [0.2, 0.25) is 0 Å². The highest BCUT2D eigenvalue weighted by Crippen LogP contribution is 2.28. The summed E-state index contributed by atoms with van der Waals surface area (Å²) >= 11 is 1.37. The summed E-state index contributed by atoms with van der Waals surface area (Å²) in [6.07, 6.45) is 5.86. The Kier molecular flexibility index (Phi) is 8.17. The van der Waals surface area contributed by atoms with Crippen LogP contribution in [-0.4, -0.2) is 73.3 Å². The molecule has 1 aliphatic rings. The van der Waals surface area contributed by atoms with E-state index in [4.69, 9.17) is 0 Å². The number of hydrogen-bond donors (Lipinski definition) is 0. The van der Waals surface area contributed by atoms with Gasteiger partial charge in [0.1, 0.15) is 5.69 Å². The minimum absolute atomic E-state index is 0.0215. The molecule has 0 radical (unpaired) electrons. The molecule has 9 heteroatoms. The van der Waals surface area contributed by atoms with Crippen LogP contribution in [0.25, 0.3) is 0 Å². The van der Waals surface area contributed by atoms with E-state index in [1.54, 1.807) is 23.1 Å². The van der Waals surface area contributed by atoms with Crippen LogP contribution >= 0.6 is 11.8 Å². The Balaban J connectivity index is 1.42. The summed E-state index contributed by atoms with van der Waals surface area (Å²) in [6, 6.07) is 13.9. The van der Waals surface area contributed by atoms with Crippen LogP contribution < -0.4 is 0 Å². The molecule has 1 fully saturated rings. The molecule has 4 rings (SSSR count). The third kappa shape index (κ3) is 6.28. The molecule has 0 bridgehead atoms. The average molecular weight is 493 g/mol. The number of aromatic nitrogens is 4. The van der Waals surface area contributed by atoms with E-state index >= 15 is 0 Å². The van der Waals surface area contributed by atoms with Gasteiger partial charge < -0.3 is 9.80 Å². The number of nitrogens with zero attached hydrogens (tertiary/aromatic N) is 6. The molecule has 0 saturated carbocycles. The first-order valence-corrected chi connectivity index (χ1v) is 12.9. The number of hydrogen-bond acceptors (Lipinski definition) is 6. The number of likely N-dealkylation sites (N-methyl/N-ethyl adjacent to an activating group) is 1. The number of amides is 2. The van der Waals surface area contributed by atoms with Crippen molar-refractivity contribution in [3.8, 4) is 0 Å². The lowest BCUT2D eigenvalue weighted by Crippen LogP contribution is -2.49. The second kappa shape index (κ2) is 11.5. The fourth-order valence-electron chi connectivity index (χ4n) is 4.73. The molecule has 8 nitrogen and oxygen atoms in total. The number of piperidine rings is 1. The minimum Gasteiger partial charge on any atom is -0.342 e. The Bertz CT molecular complexity index is 1130. The molecule has 0 N–H and O–H groups in total. The van der Waals surface area contributed by atoms with Crippen LogP contribution in [0.3, 0.4) is 0 Å². The van der Waals surface area contributed by atoms with Gasteiger partial charge in [-0.25, -0.2) is 9.97 Å². The third-order valence-corrected chi connectivity index (χ3v) is 7.49. The Morgan fingerprint density at radius 3 is 2.43 bits per heavy atom. The van der Waals surface area contributed by atoms with Crippen molar-refractivity contribution >= 4 is 23.6 Å². The predicted molar refractivity (Wildman–Crippen MR) is 136 cm³/mol. The van der Waals surface area contributed by atoms with Gasteiger partial charge in [-0.1, -0.05) is 42.1 Å². The first-order chi connectivity index (χ1) is 16.9. The maximum Gasteiger partial charge on any atom is 0.272 e. The summed E-state index contributed by atoms with van der Waals surface area (Å²) in [5.41, 5.74) is 2.63. The van der Waals surface area contributed by atoms with Crippen molar-refractivity contribution in [1.29, 1.82) is 0 Å². The zero-order valence-electron chi connectivity index (χ0n) is 20.5. The Morgan fingerprint density at radius 2 is 1.80 bits per heavy atom. The fourth-order valence-corrected chi connectivity index (χ4v) is 5.43. The van der Waals surface area contributed by atoms with Crippen molar-refractivity contribution < 1.29 is 9.59 Å². The Hall–Kier alpha value is -3.20. The zero-order chi connectivity index (χ0) is 24.8. The van der Waals surface area contributed by atoms with Gasteiger partial charge in [0.2, 0.25) is 5.91 Å². The summed E-state index contributed by atoms with van der Waals surface area (Å²) in [5, 5.41) is 4.97. The van der Waals surface area contributed by atoms with Crippen LogP contribution in [0, 0.1) is 12.8 Å². The average Bonchev–Trinajstić information content (AvgIpc) is 3.24. The number of carbonyl (C=O) groups is 2. The van der Waals surface area contributed by atoms with E-state index in [1.165, 1.54) is 17.3 Å². The van der Waals surface area contributed by atoms with Crippen molar-refractivity contribution in [3.05, 3.63) is 71.8 Å². The van der Waals surface area contributed by atoms with Crippen LogP contribution in [0.5, 0.6) is 0 Å². The van der Waals surface area contributed by atoms with Gasteiger partial charge in [0.15, 0.2) is 5.16 Å². The van der Waals surface area contributed by atoms with Gasteiger partial charge in [0.05, 0.1) is 11.4 Å². The van der Waals surface area contributed by atoms with E-state index in [0.29, 0.717) is 35.6 Å². The molecule has 3 aromatic rings. The van der Waals surface area contributed by atoms with E-state index in [0.717, 1.165) is 25.0 Å². The first kappa shape index (κ1) is 24.9. The second-order valence-electron chi connectivity index (χ2n) is 9.01. The van der Waals surface area contributed by atoms with Crippen LogP contribution in [-0.2, 0) is 18.3 Å². The summed E-state index contributed by atoms with van der Waals surface area (Å²) in [4.78, 5) is 38.4. The van der Waals surface area contributed by atoms with Crippen molar-refractivity contribution in [2.24, 2.45) is 13.0 Å². The van der Waals surface area contributed by atoms with Gasteiger partial charge in [0, 0.05) is 45.6 Å². The van der Waals surface area contributed by atoms with E-state index in [-0.39, 0.29) is 17.9 Å². The molecule has 0 spiro atoms. The highest BCUT2D eigenvalue weighted by atomic mass is 32.2. The van der Waals surface area contributed by atoms with Gasteiger partial charge in [-0.2, -0.15) is 5.10 Å². The summed E-state index contributed by atoms with van der Waals surface area (Å²) in [6.45, 7) is 3.28. The largest absolute Gasteiger partial charge is 0.342 e. The van der Waals surface area contributed by atoms with Gasteiger partial charge in [0.25, 0.3) is 5.91 Å². The molecular weight excluding hydrogens is 460 g/mol. The second-order valence-corrected chi connectivity index (χ2v) is 9.95. The molecule has 0 unspecified atom stereocenters. The highest BCUT2D eigenvalue weighted by molar-refractivity contribution is 7.99. The molecule has 184 valence electrons.